The second-order valence-electron chi connectivity index (χ2n) is 4.61. The third-order valence-corrected chi connectivity index (χ3v) is 4.09. The standard InChI is InChI=1S/C12H22N4S/c1-2-3-4-5-8-17-12-15-14-11(9-13)16(12)10-6-7-10/h10H,2-9,13H2,1H3. The van der Waals surface area contributed by atoms with E-state index in [0.717, 1.165) is 16.7 Å². The fraction of sp³-hybridized carbons (Fsp3) is 0.833. The molecule has 2 rings (SSSR count). The van der Waals surface area contributed by atoms with Crippen LogP contribution in [0.25, 0.3) is 0 Å². The lowest BCUT2D eigenvalue weighted by Gasteiger charge is -2.07. The molecule has 5 heteroatoms. The Bertz CT molecular complexity index is 346. The maximum absolute atomic E-state index is 5.69. The minimum absolute atomic E-state index is 0.500. The van der Waals surface area contributed by atoms with Crippen molar-refractivity contribution in [2.24, 2.45) is 5.73 Å². The van der Waals surface area contributed by atoms with Gasteiger partial charge in [-0.1, -0.05) is 37.9 Å². The molecule has 0 atom stereocenters. The van der Waals surface area contributed by atoms with E-state index in [0.29, 0.717) is 12.6 Å². The number of rotatable bonds is 8. The molecule has 0 aliphatic heterocycles. The Morgan fingerprint density at radius 1 is 1.29 bits per heavy atom. The topological polar surface area (TPSA) is 56.7 Å². The van der Waals surface area contributed by atoms with Gasteiger partial charge in [0.2, 0.25) is 0 Å². The van der Waals surface area contributed by atoms with Gasteiger partial charge >= 0.3 is 0 Å². The molecule has 1 heterocycles. The summed E-state index contributed by atoms with van der Waals surface area (Å²) >= 11 is 1.84. The lowest BCUT2D eigenvalue weighted by molar-refractivity contribution is 0.625. The highest BCUT2D eigenvalue weighted by Crippen LogP contribution is 2.38. The van der Waals surface area contributed by atoms with Crippen LogP contribution in [0, 0.1) is 0 Å². The average molecular weight is 254 g/mol. The predicted octanol–water partition coefficient (Wildman–Crippen LogP) is 2.74. The lowest BCUT2D eigenvalue weighted by atomic mass is 10.2. The van der Waals surface area contributed by atoms with Crippen molar-refractivity contribution in [3.8, 4) is 0 Å². The first-order valence-electron chi connectivity index (χ1n) is 6.63. The fourth-order valence-corrected chi connectivity index (χ4v) is 2.96. The van der Waals surface area contributed by atoms with Gasteiger partial charge in [0.05, 0.1) is 6.54 Å². The maximum Gasteiger partial charge on any atom is 0.191 e. The van der Waals surface area contributed by atoms with Crippen LogP contribution in [-0.4, -0.2) is 20.5 Å². The highest BCUT2D eigenvalue weighted by molar-refractivity contribution is 7.99. The second kappa shape index (κ2) is 6.40. The zero-order valence-corrected chi connectivity index (χ0v) is 11.4. The molecule has 0 spiro atoms. The number of hydrogen-bond donors (Lipinski definition) is 1. The summed E-state index contributed by atoms with van der Waals surface area (Å²) in [5.41, 5.74) is 5.69. The zero-order valence-electron chi connectivity index (χ0n) is 10.6. The SMILES string of the molecule is CCCCCCSc1nnc(CN)n1C1CC1. The van der Waals surface area contributed by atoms with Crippen LogP contribution in [0.5, 0.6) is 0 Å². The van der Waals surface area contributed by atoms with Crippen LogP contribution in [0.4, 0.5) is 0 Å². The first kappa shape index (κ1) is 12.9. The minimum Gasteiger partial charge on any atom is -0.324 e. The van der Waals surface area contributed by atoms with Crippen molar-refractivity contribution in [3.63, 3.8) is 0 Å². The number of aromatic nitrogens is 3. The number of hydrogen-bond acceptors (Lipinski definition) is 4. The number of thioether (sulfide) groups is 1. The molecular formula is C12H22N4S. The second-order valence-corrected chi connectivity index (χ2v) is 5.68. The van der Waals surface area contributed by atoms with Gasteiger partial charge < -0.3 is 10.3 Å². The van der Waals surface area contributed by atoms with Crippen LogP contribution in [-0.2, 0) is 6.54 Å². The van der Waals surface area contributed by atoms with E-state index in [1.165, 1.54) is 38.5 Å². The molecule has 0 radical (unpaired) electrons. The van der Waals surface area contributed by atoms with Gasteiger partial charge in [-0.2, -0.15) is 0 Å². The summed E-state index contributed by atoms with van der Waals surface area (Å²) in [6.45, 7) is 2.74. The molecule has 0 amide bonds. The summed E-state index contributed by atoms with van der Waals surface area (Å²) in [4.78, 5) is 0. The molecule has 1 aliphatic rings. The number of nitrogens with zero attached hydrogens (tertiary/aromatic N) is 3. The van der Waals surface area contributed by atoms with Crippen molar-refractivity contribution in [3.05, 3.63) is 5.82 Å². The molecule has 0 unspecified atom stereocenters. The third-order valence-electron chi connectivity index (χ3n) is 3.06. The normalized spacial score (nSPS) is 15.4. The Labute approximate surface area is 107 Å². The molecule has 1 aliphatic carbocycles. The average Bonchev–Trinajstić information content (AvgIpc) is 3.10. The molecule has 2 N–H and O–H groups in total. The van der Waals surface area contributed by atoms with Gasteiger partial charge in [0, 0.05) is 11.8 Å². The highest BCUT2D eigenvalue weighted by Gasteiger charge is 2.28. The monoisotopic (exact) mass is 254 g/mol. The Balaban J connectivity index is 1.85. The van der Waals surface area contributed by atoms with Crippen LogP contribution in [0.15, 0.2) is 5.16 Å². The molecule has 0 aromatic carbocycles. The van der Waals surface area contributed by atoms with Crippen molar-refractivity contribution in [2.45, 2.75) is 63.2 Å². The molecule has 1 aromatic heterocycles. The summed E-state index contributed by atoms with van der Waals surface area (Å²) in [6, 6.07) is 0.627. The molecule has 0 saturated heterocycles. The minimum atomic E-state index is 0.500. The molecular weight excluding hydrogens is 232 g/mol. The van der Waals surface area contributed by atoms with E-state index in [1.54, 1.807) is 0 Å². The van der Waals surface area contributed by atoms with Crippen LogP contribution < -0.4 is 5.73 Å². The summed E-state index contributed by atoms with van der Waals surface area (Å²) in [6.07, 6.45) is 7.74. The van der Waals surface area contributed by atoms with E-state index in [-0.39, 0.29) is 0 Å². The molecule has 1 aromatic rings. The van der Waals surface area contributed by atoms with Gasteiger partial charge in [0.1, 0.15) is 5.82 Å². The Morgan fingerprint density at radius 2 is 2.12 bits per heavy atom. The van der Waals surface area contributed by atoms with Gasteiger partial charge in [-0.15, -0.1) is 10.2 Å². The van der Waals surface area contributed by atoms with Crippen molar-refractivity contribution in [1.29, 1.82) is 0 Å². The Kier molecular flexibility index (Phi) is 4.86. The summed E-state index contributed by atoms with van der Waals surface area (Å²) in [5, 5.41) is 9.51. The summed E-state index contributed by atoms with van der Waals surface area (Å²) < 4.78 is 2.25. The van der Waals surface area contributed by atoms with Gasteiger partial charge in [-0.3, -0.25) is 0 Å². The molecule has 1 fully saturated rings. The first-order chi connectivity index (χ1) is 8.36. The van der Waals surface area contributed by atoms with Crippen molar-refractivity contribution < 1.29 is 0 Å². The van der Waals surface area contributed by atoms with Gasteiger partial charge in [-0.05, 0) is 19.3 Å². The van der Waals surface area contributed by atoms with E-state index in [1.807, 2.05) is 11.8 Å². The number of nitrogens with two attached hydrogens (primary N) is 1. The molecule has 0 bridgehead atoms. The van der Waals surface area contributed by atoms with E-state index in [2.05, 4.69) is 21.7 Å². The first-order valence-corrected chi connectivity index (χ1v) is 7.62. The Hall–Kier alpha value is -0.550. The fourth-order valence-electron chi connectivity index (χ4n) is 1.94. The van der Waals surface area contributed by atoms with Crippen molar-refractivity contribution in [1.82, 2.24) is 14.8 Å². The predicted molar refractivity (Wildman–Crippen MR) is 71.1 cm³/mol. The maximum atomic E-state index is 5.69. The molecule has 17 heavy (non-hydrogen) atoms. The Morgan fingerprint density at radius 3 is 2.76 bits per heavy atom. The summed E-state index contributed by atoms with van der Waals surface area (Å²) in [5.74, 6) is 2.10. The molecule has 96 valence electrons. The number of unbranched alkanes of at least 4 members (excludes halogenated alkanes) is 3. The van der Waals surface area contributed by atoms with E-state index in [9.17, 15) is 0 Å². The molecule has 1 saturated carbocycles. The largest absolute Gasteiger partial charge is 0.324 e. The third kappa shape index (κ3) is 3.45. The molecule has 4 nitrogen and oxygen atoms in total. The van der Waals surface area contributed by atoms with Crippen molar-refractivity contribution >= 4 is 11.8 Å². The van der Waals surface area contributed by atoms with E-state index >= 15 is 0 Å². The highest BCUT2D eigenvalue weighted by atomic mass is 32.2. The zero-order chi connectivity index (χ0) is 12.1. The van der Waals surface area contributed by atoms with Crippen LogP contribution in [0.2, 0.25) is 0 Å². The van der Waals surface area contributed by atoms with E-state index < -0.39 is 0 Å². The van der Waals surface area contributed by atoms with E-state index in [4.69, 9.17) is 5.73 Å². The van der Waals surface area contributed by atoms with Crippen molar-refractivity contribution in [2.75, 3.05) is 5.75 Å². The van der Waals surface area contributed by atoms with Crippen LogP contribution in [0.3, 0.4) is 0 Å². The smallest absolute Gasteiger partial charge is 0.191 e. The lowest BCUT2D eigenvalue weighted by Crippen LogP contribution is -2.08. The van der Waals surface area contributed by atoms with Crippen LogP contribution >= 0.6 is 11.8 Å². The van der Waals surface area contributed by atoms with Gasteiger partial charge in [-0.25, -0.2) is 0 Å². The van der Waals surface area contributed by atoms with Gasteiger partial charge in [0.25, 0.3) is 0 Å². The van der Waals surface area contributed by atoms with Gasteiger partial charge in [0.15, 0.2) is 5.16 Å². The van der Waals surface area contributed by atoms with Crippen LogP contribution in [0.1, 0.15) is 57.3 Å². The summed E-state index contributed by atoms with van der Waals surface area (Å²) in [7, 11) is 0. The quantitative estimate of drug-likeness (QED) is 0.572.